The van der Waals surface area contributed by atoms with Crippen LogP contribution in [0.3, 0.4) is 0 Å². The van der Waals surface area contributed by atoms with Gasteiger partial charge < -0.3 is 4.74 Å². The molecule has 0 aliphatic carbocycles. The monoisotopic (exact) mass is 210 g/mol. The summed E-state index contributed by atoms with van der Waals surface area (Å²) < 4.78 is 4.98. The Labute approximate surface area is 90.5 Å². The molecular weight excluding hydrogens is 192 g/mol. The van der Waals surface area contributed by atoms with E-state index >= 15 is 0 Å². The van der Waals surface area contributed by atoms with Crippen LogP contribution >= 0.6 is 0 Å². The fourth-order valence-corrected chi connectivity index (χ4v) is 1.90. The number of allylic oxidation sites excluding steroid dienone is 1. The summed E-state index contributed by atoms with van der Waals surface area (Å²) in [5.41, 5.74) is 0.370. The van der Waals surface area contributed by atoms with E-state index in [2.05, 4.69) is 0 Å². The van der Waals surface area contributed by atoms with Crippen molar-refractivity contribution >= 4 is 11.8 Å². The molecule has 0 saturated carbocycles. The number of carbonyl (C=O) groups is 2. The minimum atomic E-state index is -0.713. The van der Waals surface area contributed by atoms with Crippen molar-refractivity contribution in [2.75, 3.05) is 0 Å². The van der Waals surface area contributed by atoms with E-state index in [9.17, 15) is 9.59 Å². The third-order valence-corrected chi connectivity index (χ3v) is 3.39. The predicted octanol–water partition coefficient (Wildman–Crippen LogP) is 2.60. The van der Waals surface area contributed by atoms with Crippen LogP contribution in [0.5, 0.6) is 0 Å². The molecule has 0 aromatic heterocycles. The molecule has 1 aliphatic rings. The molecule has 0 bridgehead atoms. The van der Waals surface area contributed by atoms with E-state index in [1.807, 2.05) is 27.7 Å². The Kier molecular flexibility index (Phi) is 3.32. The molecule has 15 heavy (non-hydrogen) atoms. The lowest BCUT2D eigenvalue weighted by Gasteiger charge is -2.26. The minimum absolute atomic E-state index is 0.228. The highest BCUT2D eigenvalue weighted by molar-refractivity contribution is 6.43. The Hall–Kier alpha value is -1.12. The molecule has 0 spiro atoms. The maximum atomic E-state index is 11.7. The largest absolute Gasteiger partial charge is 0.425 e. The van der Waals surface area contributed by atoms with Crippen LogP contribution < -0.4 is 0 Å². The molecule has 0 saturated heterocycles. The molecule has 1 aliphatic heterocycles. The summed E-state index contributed by atoms with van der Waals surface area (Å²) in [5.74, 6) is -0.593. The Balaban J connectivity index is 3.20. The predicted molar refractivity (Wildman–Crippen MR) is 57.1 cm³/mol. The van der Waals surface area contributed by atoms with E-state index in [-0.39, 0.29) is 5.41 Å². The third kappa shape index (κ3) is 1.83. The number of cyclic esters (lactones) is 1. The summed E-state index contributed by atoms with van der Waals surface area (Å²) in [7, 11) is 0. The average molecular weight is 210 g/mol. The van der Waals surface area contributed by atoms with Crippen LogP contribution in [0.25, 0.3) is 0 Å². The number of carbonyl (C=O) groups excluding carboxylic acids is 2. The zero-order valence-corrected chi connectivity index (χ0v) is 9.85. The van der Waals surface area contributed by atoms with Crippen LogP contribution in [0, 0.1) is 5.41 Å². The first-order valence-electron chi connectivity index (χ1n) is 5.50. The lowest BCUT2D eigenvalue weighted by Crippen LogP contribution is -2.24. The van der Waals surface area contributed by atoms with Crippen molar-refractivity contribution in [3.8, 4) is 0 Å². The zero-order valence-electron chi connectivity index (χ0n) is 9.85. The first-order chi connectivity index (χ1) is 7.00. The van der Waals surface area contributed by atoms with E-state index in [1.165, 1.54) is 0 Å². The van der Waals surface area contributed by atoms with Crippen LogP contribution in [0.4, 0.5) is 0 Å². The van der Waals surface area contributed by atoms with Crippen LogP contribution in [0.15, 0.2) is 11.3 Å². The summed E-state index contributed by atoms with van der Waals surface area (Å²) >= 11 is 0. The van der Waals surface area contributed by atoms with Gasteiger partial charge in [0.2, 0.25) is 0 Å². The van der Waals surface area contributed by atoms with Gasteiger partial charge in [0, 0.05) is 6.42 Å². The van der Waals surface area contributed by atoms with E-state index in [4.69, 9.17) is 4.74 Å². The molecule has 3 heteroatoms. The molecule has 1 rings (SSSR count). The number of ketones is 1. The molecule has 0 amide bonds. The lowest BCUT2D eigenvalue weighted by molar-refractivity contribution is -0.146. The number of esters is 1. The second-order valence-corrected chi connectivity index (χ2v) is 4.14. The van der Waals surface area contributed by atoms with Gasteiger partial charge in [-0.2, -0.15) is 0 Å². The van der Waals surface area contributed by atoms with Crippen LogP contribution in [-0.2, 0) is 14.3 Å². The molecule has 3 nitrogen and oxygen atoms in total. The van der Waals surface area contributed by atoms with E-state index in [0.29, 0.717) is 17.8 Å². The molecule has 0 atom stereocenters. The summed E-state index contributed by atoms with van der Waals surface area (Å²) in [5, 5.41) is 0. The fourth-order valence-electron chi connectivity index (χ4n) is 1.90. The number of rotatable bonds is 4. The molecule has 1 heterocycles. The number of hydrogen-bond donors (Lipinski definition) is 0. The van der Waals surface area contributed by atoms with Gasteiger partial charge in [-0.15, -0.1) is 0 Å². The topological polar surface area (TPSA) is 43.4 Å². The van der Waals surface area contributed by atoms with Crippen molar-refractivity contribution in [1.82, 2.24) is 0 Å². The Morgan fingerprint density at radius 3 is 2.07 bits per heavy atom. The molecule has 84 valence electrons. The second kappa shape index (κ2) is 4.17. The van der Waals surface area contributed by atoms with Gasteiger partial charge in [0.15, 0.2) is 0 Å². The van der Waals surface area contributed by atoms with Gasteiger partial charge >= 0.3 is 5.97 Å². The smallest absolute Gasteiger partial charge is 0.384 e. The van der Waals surface area contributed by atoms with Gasteiger partial charge in [-0.05, 0) is 18.3 Å². The maximum Gasteiger partial charge on any atom is 0.384 e. The molecule has 0 aromatic rings. The van der Waals surface area contributed by atoms with Crippen molar-refractivity contribution in [2.45, 2.75) is 47.0 Å². The van der Waals surface area contributed by atoms with Gasteiger partial charge in [0.1, 0.15) is 5.76 Å². The van der Waals surface area contributed by atoms with Crippen molar-refractivity contribution < 1.29 is 14.3 Å². The molecule has 0 fully saturated rings. The highest BCUT2D eigenvalue weighted by atomic mass is 16.5. The first-order valence-corrected chi connectivity index (χ1v) is 5.50. The van der Waals surface area contributed by atoms with Crippen molar-refractivity contribution in [3.05, 3.63) is 11.3 Å². The van der Waals surface area contributed by atoms with Crippen LogP contribution in [-0.4, -0.2) is 11.8 Å². The minimum Gasteiger partial charge on any atom is -0.425 e. The van der Waals surface area contributed by atoms with Crippen LogP contribution in [0.1, 0.15) is 47.0 Å². The van der Waals surface area contributed by atoms with Gasteiger partial charge in [-0.25, -0.2) is 4.79 Å². The summed E-state index contributed by atoms with van der Waals surface area (Å²) in [6.45, 7) is 7.96. The SMILES string of the molecule is CCC1=C(C(C)(CC)CC)C(=O)C(=O)O1. The Morgan fingerprint density at radius 2 is 1.67 bits per heavy atom. The summed E-state index contributed by atoms with van der Waals surface area (Å²) in [4.78, 5) is 22.9. The Bertz CT molecular complexity index is 322. The molecule has 0 unspecified atom stereocenters. The molecule has 0 radical (unpaired) electrons. The number of hydrogen-bond acceptors (Lipinski definition) is 3. The number of Topliss-reactive ketones (excluding diaryl/α,β-unsaturated/α-hetero) is 1. The normalized spacial score (nSPS) is 17.3. The van der Waals surface area contributed by atoms with E-state index in [0.717, 1.165) is 12.8 Å². The van der Waals surface area contributed by atoms with Crippen molar-refractivity contribution in [2.24, 2.45) is 5.41 Å². The Morgan fingerprint density at radius 1 is 1.13 bits per heavy atom. The van der Waals surface area contributed by atoms with Crippen LogP contribution in [0.2, 0.25) is 0 Å². The van der Waals surface area contributed by atoms with Gasteiger partial charge in [0.05, 0.1) is 5.57 Å². The van der Waals surface area contributed by atoms with Gasteiger partial charge in [-0.1, -0.05) is 27.7 Å². The lowest BCUT2D eigenvalue weighted by atomic mass is 9.75. The highest BCUT2D eigenvalue weighted by Crippen LogP contribution is 2.40. The molecule has 0 N–H and O–H groups in total. The second-order valence-electron chi connectivity index (χ2n) is 4.14. The van der Waals surface area contributed by atoms with Gasteiger partial charge in [-0.3, -0.25) is 4.79 Å². The summed E-state index contributed by atoms with van der Waals surface area (Å²) in [6.07, 6.45) is 2.28. The average Bonchev–Trinajstić information content (AvgIpc) is 2.54. The number of ether oxygens (including phenoxy) is 1. The van der Waals surface area contributed by atoms with Crippen molar-refractivity contribution in [1.29, 1.82) is 0 Å². The van der Waals surface area contributed by atoms with E-state index < -0.39 is 11.8 Å². The summed E-state index contributed by atoms with van der Waals surface area (Å²) in [6, 6.07) is 0. The third-order valence-electron chi connectivity index (χ3n) is 3.39. The first kappa shape index (κ1) is 12.0. The zero-order chi connectivity index (χ0) is 11.6. The standard InChI is InChI=1S/C12H18O3/c1-5-8-9(10(13)11(14)15-8)12(4,6-2)7-3/h5-7H2,1-4H3. The highest BCUT2D eigenvalue weighted by Gasteiger charge is 2.42. The maximum absolute atomic E-state index is 11.7. The quantitative estimate of drug-likeness (QED) is 0.529. The molecule has 0 aromatic carbocycles. The van der Waals surface area contributed by atoms with Gasteiger partial charge in [0.25, 0.3) is 5.78 Å². The fraction of sp³-hybridized carbons (Fsp3) is 0.667. The molecular formula is C12H18O3. The van der Waals surface area contributed by atoms with Crippen molar-refractivity contribution in [3.63, 3.8) is 0 Å². The van der Waals surface area contributed by atoms with E-state index in [1.54, 1.807) is 0 Å².